The fourth-order valence-corrected chi connectivity index (χ4v) is 5.69. The Morgan fingerprint density at radius 3 is 2.44 bits per heavy atom. The molecule has 1 N–H and O–H groups in total. The van der Waals surface area contributed by atoms with E-state index in [-0.39, 0.29) is 12.0 Å². The summed E-state index contributed by atoms with van der Waals surface area (Å²) in [5.41, 5.74) is 4.70. The van der Waals surface area contributed by atoms with Crippen LogP contribution in [0.5, 0.6) is 5.75 Å². The predicted molar refractivity (Wildman–Crippen MR) is 171 cm³/mol. The molecule has 7 nitrogen and oxygen atoms in total. The third kappa shape index (κ3) is 7.83. The summed E-state index contributed by atoms with van der Waals surface area (Å²) in [6, 6.07) is 21.7. The number of hydrogen-bond acceptors (Lipinski definition) is 5. The maximum absolute atomic E-state index is 12.9. The van der Waals surface area contributed by atoms with Gasteiger partial charge in [-0.25, -0.2) is 14.6 Å². The van der Waals surface area contributed by atoms with Crippen molar-refractivity contribution < 1.29 is 19.1 Å². The molecule has 0 saturated heterocycles. The molecule has 1 aliphatic carbocycles. The van der Waals surface area contributed by atoms with Crippen LogP contribution in [0.4, 0.5) is 4.79 Å². The smallest absolute Gasteiger partial charge is 0.412 e. The number of fused-ring (bicyclic) bond motifs is 1. The third-order valence-corrected chi connectivity index (χ3v) is 7.84. The van der Waals surface area contributed by atoms with E-state index < -0.39 is 11.7 Å². The SMILES string of the molecule is CCCCc1nc2ccc(OC(=O)NC3CCCCC3)cc2n1Cc1ccc(-c2ccccc2C(=O)OC(C)(C)C)cc1. The molecular weight excluding hydrogens is 538 g/mol. The van der Waals surface area contributed by atoms with E-state index in [1.807, 2.05) is 75.4 Å². The Morgan fingerprint density at radius 1 is 0.977 bits per heavy atom. The van der Waals surface area contributed by atoms with Gasteiger partial charge in [0.1, 0.15) is 17.2 Å². The molecule has 3 aromatic carbocycles. The Kier molecular flexibility index (Phi) is 9.49. The first-order valence-corrected chi connectivity index (χ1v) is 15.6. The molecule has 0 radical (unpaired) electrons. The number of unbranched alkanes of at least 4 members (excludes halogenated alkanes) is 1. The standard InChI is InChI=1S/C36H43N3O4/c1-5-6-16-33-38-31-22-21-28(42-35(41)37-27-12-8-7-9-13-27)23-32(31)39(33)24-25-17-19-26(20-18-25)29-14-10-11-15-30(29)34(40)43-36(2,3)4/h10-11,14-15,17-23,27H,5-9,12-13,16,24H2,1-4H3,(H,37,41). The Morgan fingerprint density at radius 2 is 1.72 bits per heavy atom. The summed E-state index contributed by atoms with van der Waals surface area (Å²) in [7, 11) is 0. The fraction of sp³-hybridized carbons (Fsp3) is 0.417. The first kappa shape index (κ1) is 30.3. The van der Waals surface area contributed by atoms with Crippen molar-refractivity contribution in [2.24, 2.45) is 0 Å². The summed E-state index contributed by atoms with van der Waals surface area (Å²) in [6.07, 6.45) is 8.12. The predicted octanol–water partition coefficient (Wildman–Crippen LogP) is 8.47. The monoisotopic (exact) mass is 581 g/mol. The topological polar surface area (TPSA) is 82.5 Å². The second-order valence-electron chi connectivity index (χ2n) is 12.5. The number of benzene rings is 3. The second-order valence-corrected chi connectivity index (χ2v) is 12.5. The number of rotatable bonds is 9. The minimum atomic E-state index is -0.568. The normalized spacial score (nSPS) is 14.0. The van der Waals surface area contributed by atoms with Crippen LogP contribution in [-0.2, 0) is 17.7 Å². The van der Waals surface area contributed by atoms with Crippen LogP contribution in [0.1, 0.15) is 94.4 Å². The van der Waals surface area contributed by atoms with Gasteiger partial charge in [0.2, 0.25) is 0 Å². The van der Waals surface area contributed by atoms with Crippen molar-refractivity contribution in [2.75, 3.05) is 0 Å². The van der Waals surface area contributed by atoms with Gasteiger partial charge in [0.15, 0.2) is 0 Å². The van der Waals surface area contributed by atoms with Crippen LogP contribution in [-0.4, -0.2) is 33.3 Å². The first-order valence-electron chi connectivity index (χ1n) is 15.6. The van der Waals surface area contributed by atoms with Crippen LogP contribution in [0.2, 0.25) is 0 Å². The number of carbonyl (C=O) groups excluding carboxylic acids is 2. The molecular formula is C36H43N3O4. The van der Waals surface area contributed by atoms with Gasteiger partial charge >= 0.3 is 12.1 Å². The third-order valence-electron chi connectivity index (χ3n) is 7.84. The number of aromatic nitrogens is 2. The van der Waals surface area contributed by atoms with E-state index in [0.717, 1.165) is 78.5 Å². The van der Waals surface area contributed by atoms with Gasteiger partial charge in [0.05, 0.1) is 16.6 Å². The lowest BCUT2D eigenvalue weighted by molar-refractivity contribution is 0.00703. The molecule has 226 valence electrons. The van der Waals surface area contributed by atoms with Crippen LogP contribution in [0.25, 0.3) is 22.2 Å². The lowest BCUT2D eigenvalue weighted by Crippen LogP contribution is -2.37. The van der Waals surface area contributed by atoms with Crippen molar-refractivity contribution in [3.05, 3.63) is 83.7 Å². The molecule has 43 heavy (non-hydrogen) atoms. The van der Waals surface area contributed by atoms with E-state index in [1.165, 1.54) is 6.42 Å². The highest BCUT2D eigenvalue weighted by Crippen LogP contribution is 2.28. The minimum absolute atomic E-state index is 0.190. The van der Waals surface area contributed by atoms with Crippen molar-refractivity contribution in [2.45, 2.75) is 97.2 Å². The van der Waals surface area contributed by atoms with E-state index in [2.05, 4.69) is 28.9 Å². The van der Waals surface area contributed by atoms with Gasteiger partial charge in [-0.2, -0.15) is 0 Å². The number of aryl methyl sites for hydroxylation is 1. The van der Waals surface area contributed by atoms with Crippen molar-refractivity contribution in [1.82, 2.24) is 14.9 Å². The number of carbonyl (C=O) groups is 2. The van der Waals surface area contributed by atoms with Crippen molar-refractivity contribution in [3.63, 3.8) is 0 Å². The van der Waals surface area contributed by atoms with E-state index in [9.17, 15) is 9.59 Å². The average Bonchev–Trinajstić information content (AvgIpc) is 3.32. The molecule has 1 heterocycles. The minimum Gasteiger partial charge on any atom is -0.456 e. The summed E-state index contributed by atoms with van der Waals surface area (Å²) in [4.78, 5) is 30.5. The summed E-state index contributed by atoms with van der Waals surface area (Å²) < 4.78 is 13.6. The van der Waals surface area contributed by atoms with Gasteiger partial charge in [-0.1, -0.05) is 75.1 Å². The number of esters is 1. The van der Waals surface area contributed by atoms with Gasteiger partial charge in [-0.3, -0.25) is 0 Å². The van der Waals surface area contributed by atoms with Gasteiger partial charge in [0, 0.05) is 25.1 Å². The molecule has 1 aliphatic rings. The summed E-state index contributed by atoms with van der Waals surface area (Å²) in [6.45, 7) is 8.42. The number of nitrogens with one attached hydrogen (secondary N) is 1. The molecule has 1 fully saturated rings. The van der Waals surface area contributed by atoms with Crippen molar-refractivity contribution in [3.8, 4) is 16.9 Å². The molecule has 1 saturated carbocycles. The molecule has 0 unspecified atom stereocenters. The second kappa shape index (κ2) is 13.4. The van der Waals surface area contributed by atoms with Gasteiger partial charge in [-0.05, 0) is 74.9 Å². The van der Waals surface area contributed by atoms with Crippen LogP contribution < -0.4 is 10.1 Å². The van der Waals surface area contributed by atoms with Crippen LogP contribution in [0, 0.1) is 0 Å². The van der Waals surface area contributed by atoms with E-state index in [4.69, 9.17) is 14.5 Å². The highest BCUT2D eigenvalue weighted by Gasteiger charge is 2.21. The Bertz CT molecular complexity index is 1560. The van der Waals surface area contributed by atoms with Crippen LogP contribution in [0.3, 0.4) is 0 Å². The maximum atomic E-state index is 12.9. The van der Waals surface area contributed by atoms with Gasteiger partial charge in [-0.15, -0.1) is 0 Å². The molecule has 0 spiro atoms. The van der Waals surface area contributed by atoms with E-state index in [0.29, 0.717) is 17.9 Å². The number of ether oxygens (including phenoxy) is 2. The largest absolute Gasteiger partial charge is 0.456 e. The van der Waals surface area contributed by atoms with E-state index in [1.54, 1.807) is 0 Å². The zero-order chi connectivity index (χ0) is 30.4. The molecule has 1 aromatic heterocycles. The van der Waals surface area contributed by atoms with Gasteiger partial charge < -0.3 is 19.4 Å². The zero-order valence-corrected chi connectivity index (χ0v) is 25.8. The zero-order valence-electron chi connectivity index (χ0n) is 25.8. The summed E-state index contributed by atoms with van der Waals surface area (Å²) in [5.74, 6) is 1.20. The first-order chi connectivity index (χ1) is 20.7. The molecule has 0 bridgehead atoms. The van der Waals surface area contributed by atoms with Crippen molar-refractivity contribution in [1.29, 1.82) is 0 Å². The van der Waals surface area contributed by atoms with Crippen LogP contribution in [0.15, 0.2) is 66.7 Å². The number of imidazole rings is 1. The summed E-state index contributed by atoms with van der Waals surface area (Å²) in [5, 5.41) is 3.03. The fourth-order valence-electron chi connectivity index (χ4n) is 5.69. The Balaban J connectivity index is 1.38. The highest BCUT2D eigenvalue weighted by atomic mass is 16.6. The average molecular weight is 582 g/mol. The highest BCUT2D eigenvalue weighted by molar-refractivity contribution is 5.97. The number of amides is 1. The molecule has 7 heteroatoms. The Labute approximate surface area is 254 Å². The lowest BCUT2D eigenvalue weighted by Gasteiger charge is -2.22. The lowest BCUT2D eigenvalue weighted by atomic mass is 9.96. The molecule has 0 atom stereocenters. The molecule has 0 aliphatic heterocycles. The molecule has 4 aromatic rings. The molecule has 5 rings (SSSR count). The quantitative estimate of drug-likeness (QED) is 0.201. The Hall–Kier alpha value is -4.13. The maximum Gasteiger partial charge on any atom is 0.412 e. The molecule has 1 amide bonds. The summed E-state index contributed by atoms with van der Waals surface area (Å²) >= 11 is 0. The van der Waals surface area contributed by atoms with Crippen LogP contribution >= 0.6 is 0 Å². The van der Waals surface area contributed by atoms with Gasteiger partial charge in [0.25, 0.3) is 0 Å². The number of hydrogen-bond donors (Lipinski definition) is 1. The van der Waals surface area contributed by atoms with E-state index >= 15 is 0 Å². The van der Waals surface area contributed by atoms with Crippen molar-refractivity contribution >= 4 is 23.1 Å². The number of nitrogens with zero attached hydrogens (tertiary/aromatic N) is 2.